The van der Waals surface area contributed by atoms with Crippen LogP contribution in [0, 0.1) is 0 Å². The summed E-state index contributed by atoms with van der Waals surface area (Å²) in [5.41, 5.74) is -3.49. The van der Waals surface area contributed by atoms with Crippen LogP contribution in [0.3, 0.4) is 0 Å². The van der Waals surface area contributed by atoms with Crippen LogP contribution in [-0.4, -0.2) is 33.6 Å². The van der Waals surface area contributed by atoms with Gasteiger partial charge in [-0.15, -0.1) is 0 Å². The van der Waals surface area contributed by atoms with Gasteiger partial charge in [0, 0.05) is 12.1 Å². The van der Waals surface area contributed by atoms with Crippen LogP contribution in [0.5, 0.6) is 0 Å². The molecule has 4 nitrogen and oxygen atoms in total. The predicted molar refractivity (Wildman–Crippen MR) is 66.4 cm³/mol. The lowest BCUT2D eigenvalue weighted by atomic mass is 10.1. The summed E-state index contributed by atoms with van der Waals surface area (Å²) in [6.45, 7) is 1.30. The predicted octanol–water partition coefficient (Wildman–Crippen LogP) is 2.81. The minimum atomic E-state index is -5.02. The second-order valence-electron chi connectivity index (χ2n) is 4.42. The Bertz CT molecular complexity index is 588. The third kappa shape index (κ3) is 2.27. The molecular formula is C12H10ClF3N2O2. The van der Waals surface area contributed by atoms with Gasteiger partial charge in [0.15, 0.2) is 0 Å². The van der Waals surface area contributed by atoms with E-state index in [0.29, 0.717) is 0 Å². The molecule has 0 fully saturated rings. The molecule has 1 aromatic rings. The van der Waals surface area contributed by atoms with Crippen molar-refractivity contribution >= 4 is 23.2 Å². The quantitative estimate of drug-likeness (QED) is 0.867. The van der Waals surface area contributed by atoms with Crippen molar-refractivity contribution in [1.29, 1.82) is 0 Å². The van der Waals surface area contributed by atoms with Gasteiger partial charge >= 0.3 is 6.18 Å². The Labute approximate surface area is 117 Å². The van der Waals surface area contributed by atoms with E-state index in [-0.39, 0.29) is 21.3 Å². The molecule has 1 aliphatic rings. The first-order chi connectivity index (χ1) is 9.17. The molecule has 108 valence electrons. The molecule has 0 unspecified atom stereocenters. The third-order valence-electron chi connectivity index (χ3n) is 2.87. The molecule has 0 bridgehead atoms. The van der Waals surface area contributed by atoms with Crippen molar-refractivity contribution in [3.8, 4) is 0 Å². The number of halogens is 4. The molecule has 20 heavy (non-hydrogen) atoms. The summed E-state index contributed by atoms with van der Waals surface area (Å²) in [5.74, 6) is -1.10. The van der Waals surface area contributed by atoms with Gasteiger partial charge in [0.05, 0.1) is 10.6 Å². The molecular weight excluding hydrogens is 297 g/mol. The van der Waals surface area contributed by atoms with Crippen molar-refractivity contribution in [3.63, 3.8) is 0 Å². The van der Waals surface area contributed by atoms with Crippen LogP contribution in [0.15, 0.2) is 29.4 Å². The van der Waals surface area contributed by atoms with Gasteiger partial charge in [-0.05, 0) is 19.1 Å². The highest BCUT2D eigenvalue weighted by Gasteiger charge is 2.62. The molecule has 2 rings (SSSR count). The van der Waals surface area contributed by atoms with Gasteiger partial charge in [-0.1, -0.05) is 23.7 Å². The number of carbonyl (C=O) groups excluding carboxylic acids is 1. The SMILES string of the molecule is CC1=NN(C(=O)c2ccccc2Cl)[C@@](O)(C(F)(F)F)C1. The summed E-state index contributed by atoms with van der Waals surface area (Å²) in [5, 5.41) is 13.3. The lowest BCUT2D eigenvalue weighted by Crippen LogP contribution is -2.56. The molecule has 0 aliphatic carbocycles. The fourth-order valence-corrected chi connectivity index (χ4v) is 2.12. The molecule has 1 heterocycles. The monoisotopic (exact) mass is 306 g/mol. The van der Waals surface area contributed by atoms with Crippen LogP contribution in [-0.2, 0) is 0 Å². The number of hydrazone groups is 1. The first kappa shape index (κ1) is 14.8. The third-order valence-corrected chi connectivity index (χ3v) is 3.20. The Morgan fingerprint density at radius 2 is 2.05 bits per heavy atom. The first-order valence-corrected chi connectivity index (χ1v) is 5.97. The van der Waals surface area contributed by atoms with Crippen LogP contribution >= 0.6 is 11.6 Å². The topological polar surface area (TPSA) is 52.9 Å². The summed E-state index contributed by atoms with van der Waals surface area (Å²) in [7, 11) is 0. The van der Waals surface area contributed by atoms with E-state index in [1.54, 1.807) is 0 Å². The van der Waals surface area contributed by atoms with Gasteiger partial charge in [0.1, 0.15) is 0 Å². The minimum absolute atomic E-state index is 0.00484. The van der Waals surface area contributed by atoms with Crippen LogP contribution in [0.1, 0.15) is 23.7 Å². The van der Waals surface area contributed by atoms with Crippen LogP contribution in [0.2, 0.25) is 5.02 Å². The molecule has 0 spiro atoms. The van der Waals surface area contributed by atoms with Gasteiger partial charge in [-0.2, -0.15) is 23.3 Å². The second-order valence-corrected chi connectivity index (χ2v) is 4.83. The summed E-state index contributed by atoms with van der Waals surface area (Å²) < 4.78 is 39.0. The highest BCUT2D eigenvalue weighted by atomic mass is 35.5. The van der Waals surface area contributed by atoms with Crippen molar-refractivity contribution in [1.82, 2.24) is 5.01 Å². The highest BCUT2D eigenvalue weighted by Crippen LogP contribution is 2.41. The molecule has 0 aromatic heterocycles. The maximum atomic E-state index is 13.0. The fourth-order valence-electron chi connectivity index (χ4n) is 1.90. The number of hydrogen-bond donors (Lipinski definition) is 1. The van der Waals surface area contributed by atoms with Crippen molar-refractivity contribution < 1.29 is 23.1 Å². The fraction of sp³-hybridized carbons (Fsp3) is 0.333. The van der Waals surface area contributed by atoms with Crippen molar-refractivity contribution in [3.05, 3.63) is 34.9 Å². The maximum absolute atomic E-state index is 13.0. The van der Waals surface area contributed by atoms with E-state index >= 15 is 0 Å². The van der Waals surface area contributed by atoms with Gasteiger partial charge in [0.25, 0.3) is 11.6 Å². The number of benzene rings is 1. The van der Waals surface area contributed by atoms with Gasteiger partial charge in [-0.3, -0.25) is 4.79 Å². The normalized spacial score (nSPS) is 22.9. The van der Waals surface area contributed by atoms with E-state index < -0.39 is 24.2 Å². The molecule has 0 saturated heterocycles. The van der Waals surface area contributed by atoms with E-state index in [9.17, 15) is 23.1 Å². The average molecular weight is 307 g/mol. The molecule has 1 atom stereocenters. The Balaban J connectivity index is 2.45. The van der Waals surface area contributed by atoms with Gasteiger partial charge < -0.3 is 5.11 Å². The Hall–Kier alpha value is -1.60. The van der Waals surface area contributed by atoms with E-state index in [2.05, 4.69) is 5.10 Å². The summed E-state index contributed by atoms with van der Waals surface area (Å²) in [4.78, 5) is 12.2. The zero-order chi connectivity index (χ0) is 15.1. The Morgan fingerprint density at radius 3 is 2.60 bits per heavy atom. The molecule has 1 N–H and O–H groups in total. The molecule has 1 aromatic carbocycles. The van der Waals surface area contributed by atoms with E-state index in [0.717, 1.165) is 0 Å². The van der Waals surface area contributed by atoms with Crippen LogP contribution < -0.4 is 0 Å². The number of alkyl halides is 3. The van der Waals surface area contributed by atoms with Crippen molar-refractivity contribution in [2.24, 2.45) is 5.10 Å². The maximum Gasteiger partial charge on any atom is 0.438 e. The first-order valence-electron chi connectivity index (χ1n) is 5.59. The number of amides is 1. The van der Waals surface area contributed by atoms with E-state index in [1.165, 1.54) is 31.2 Å². The van der Waals surface area contributed by atoms with Crippen LogP contribution in [0.4, 0.5) is 13.2 Å². The summed E-state index contributed by atoms with van der Waals surface area (Å²) in [6, 6.07) is 5.63. The Kier molecular flexibility index (Phi) is 3.51. The number of rotatable bonds is 1. The zero-order valence-corrected chi connectivity index (χ0v) is 11.0. The average Bonchev–Trinajstić information content (AvgIpc) is 2.65. The molecule has 0 radical (unpaired) electrons. The van der Waals surface area contributed by atoms with Gasteiger partial charge in [-0.25, -0.2) is 0 Å². The number of aliphatic hydroxyl groups is 1. The molecule has 0 saturated carbocycles. The smallest absolute Gasteiger partial charge is 0.362 e. The summed E-state index contributed by atoms with van der Waals surface area (Å²) >= 11 is 5.78. The summed E-state index contributed by atoms with van der Waals surface area (Å²) in [6.07, 6.45) is -5.81. The second kappa shape index (κ2) is 4.75. The molecule has 8 heteroatoms. The minimum Gasteiger partial charge on any atom is -0.362 e. The van der Waals surface area contributed by atoms with Crippen LogP contribution in [0.25, 0.3) is 0 Å². The highest BCUT2D eigenvalue weighted by molar-refractivity contribution is 6.33. The Morgan fingerprint density at radius 1 is 1.45 bits per heavy atom. The molecule has 1 amide bonds. The van der Waals surface area contributed by atoms with E-state index in [4.69, 9.17) is 11.6 Å². The zero-order valence-electron chi connectivity index (χ0n) is 10.3. The van der Waals surface area contributed by atoms with Gasteiger partial charge in [0.2, 0.25) is 0 Å². The standard InChI is InChI=1S/C12H10ClF3N2O2/c1-7-6-11(20,12(14,15)16)18(17-7)10(19)8-4-2-3-5-9(8)13/h2-5,20H,6H2,1H3/t11-/m0/s1. The number of carbonyl (C=O) groups is 1. The molecule has 1 aliphatic heterocycles. The lowest BCUT2D eigenvalue weighted by Gasteiger charge is -2.32. The lowest BCUT2D eigenvalue weighted by molar-refractivity contribution is -0.297. The van der Waals surface area contributed by atoms with E-state index in [1.807, 2.05) is 0 Å². The number of hydrogen-bond acceptors (Lipinski definition) is 3. The van der Waals surface area contributed by atoms with Crippen molar-refractivity contribution in [2.45, 2.75) is 25.2 Å². The van der Waals surface area contributed by atoms with Crippen molar-refractivity contribution in [2.75, 3.05) is 0 Å². The largest absolute Gasteiger partial charge is 0.438 e. The number of nitrogens with zero attached hydrogens (tertiary/aromatic N) is 2.